The summed E-state index contributed by atoms with van der Waals surface area (Å²) < 4.78 is 0. The van der Waals surface area contributed by atoms with Gasteiger partial charge in [-0.1, -0.05) is 57.7 Å². The van der Waals surface area contributed by atoms with Crippen LogP contribution < -0.4 is 5.73 Å². The molecule has 1 unspecified atom stereocenters. The summed E-state index contributed by atoms with van der Waals surface area (Å²) in [4.78, 5) is 11.5. The lowest BCUT2D eigenvalue weighted by molar-refractivity contribution is 0.0998. The highest BCUT2D eigenvalue weighted by Gasteiger charge is 2.16. The van der Waals surface area contributed by atoms with Crippen LogP contribution in [0.2, 0.25) is 0 Å². The van der Waals surface area contributed by atoms with E-state index in [1.165, 1.54) is 19.3 Å². The molecule has 0 aliphatic heterocycles. The van der Waals surface area contributed by atoms with Crippen LogP contribution in [0.15, 0.2) is 24.3 Å². The highest BCUT2D eigenvalue weighted by molar-refractivity contribution is 5.94. The van der Waals surface area contributed by atoms with Crippen molar-refractivity contribution in [3.8, 4) is 0 Å². The van der Waals surface area contributed by atoms with Gasteiger partial charge in [-0.25, -0.2) is 0 Å². The molecule has 0 spiro atoms. The van der Waals surface area contributed by atoms with Crippen LogP contribution >= 0.6 is 0 Å². The Morgan fingerprint density at radius 1 is 1.11 bits per heavy atom. The topological polar surface area (TPSA) is 43.1 Å². The number of carbonyl (C=O) groups excluding carboxylic acids is 1. The lowest BCUT2D eigenvalue weighted by atomic mass is 9.86. The molecule has 0 saturated heterocycles. The maximum atomic E-state index is 11.5. The van der Waals surface area contributed by atoms with Gasteiger partial charge in [-0.2, -0.15) is 0 Å². The molecule has 2 N–H and O–H groups in total. The zero-order valence-electron chi connectivity index (χ0n) is 11.6. The number of hydrogen-bond donors (Lipinski definition) is 1. The van der Waals surface area contributed by atoms with Crippen molar-refractivity contribution in [2.45, 2.75) is 58.3 Å². The van der Waals surface area contributed by atoms with Gasteiger partial charge in [0.05, 0.1) is 0 Å². The van der Waals surface area contributed by atoms with Crippen molar-refractivity contribution in [1.82, 2.24) is 0 Å². The molecule has 0 bridgehead atoms. The molecule has 1 amide bonds. The maximum absolute atomic E-state index is 11.5. The van der Waals surface area contributed by atoms with Crippen LogP contribution in [-0.2, 0) is 0 Å². The first kappa shape index (κ1) is 14.7. The van der Waals surface area contributed by atoms with E-state index in [0.29, 0.717) is 11.5 Å². The minimum atomic E-state index is -0.304. The largest absolute Gasteiger partial charge is 0.366 e. The van der Waals surface area contributed by atoms with Gasteiger partial charge in [0.25, 0.3) is 0 Å². The Kier molecular flexibility index (Phi) is 6.48. The number of nitrogens with two attached hydrogens (primary N) is 1. The molecule has 18 heavy (non-hydrogen) atoms. The molecule has 1 atom stereocenters. The first-order chi connectivity index (χ1) is 8.70. The minimum Gasteiger partial charge on any atom is -0.366 e. The summed E-state index contributed by atoms with van der Waals surface area (Å²) in [5.41, 5.74) is 7.31. The second kappa shape index (κ2) is 7.91. The molecule has 2 heteroatoms. The molecule has 0 aromatic heterocycles. The van der Waals surface area contributed by atoms with Crippen LogP contribution in [0.4, 0.5) is 0 Å². The summed E-state index contributed by atoms with van der Waals surface area (Å²) in [6.07, 6.45) is 7.16. The van der Waals surface area contributed by atoms with Crippen LogP contribution in [0.1, 0.15) is 74.2 Å². The molecule has 100 valence electrons. The van der Waals surface area contributed by atoms with E-state index < -0.39 is 0 Å². The van der Waals surface area contributed by atoms with Crippen LogP contribution in [0.25, 0.3) is 0 Å². The Balaban J connectivity index is 2.86. The fourth-order valence-corrected chi connectivity index (χ4v) is 2.52. The van der Waals surface area contributed by atoms with E-state index in [2.05, 4.69) is 19.9 Å². The fraction of sp³-hybridized carbons (Fsp3) is 0.562. The van der Waals surface area contributed by atoms with Crippen molar-refractivity contribution >= 4 is 5.91 Å². The Morgan fingerprint density at radius 3 is 2.44 bits per heavy atom. The summed E-state index contributed by atoms with van der Waals surface area (Å²) in [5.74, 6) is 0.174. The van der Waals surface area contributed by atoms with Gasteiger partial charge in [-0.05, 0) is 30.4 Å². The van der Waals surface area contributed by atoms with E-state index in [1.807, 2.05) is 18.2 Å². The molecule has 0 saturated carbocycles. The van der Waals surface area contributed by atoms with E-state index in [1.54, 1.807) is 0 Å². The van der Waals surface area contributed by atoms with Crippen molar-refractivity contribution in [2.24, 2.45) is 5.73 Å². The third kappa shape index (κ3) is 4.17. The maximum Gasteiger partial charge on any atom is 0.248 e. The Labute approximate surface area is 111 Å². The number of primary amides is 1. The minimum absolute atomic E-state index is 0.304. The smallest absolute Gasteiger partial charge is 0.248 e. The van der Waals surface area contributed by atoms with E-state index in [4.69, 9.17) is 5.73 Å². The lowest BCUT2D eigenvalue weighted by Gasteiger charge is -2.19. The lowest BCUT2D eigenvalue weighted by Crippen LogP contribution is -2.15. The Morgan fingerprint density at radius 2 is 1.83 bits per heavy atom. The average molecular weight is 247 g/mol. The first-order valence-corrected chi connectivity index (χ1v) is 7.09. The van der Waals surface area contributed by atoms with E-state index in [0.717, 1.165) is 24.8 Å². The average Bonchev–Trinajstić information content (AvgIpc) is 2.38. The van der Waals surface area contributed by atoms with Gasteiger partial charge < -0.3 is 5.73 Å². The van der Waals surface area contributed by atoms with Gasteiger partial charge in [0, 0.05) is 5.56 Å². The standard InChI is InChI=1S/C16H25NO/c1-3-5-6-10-13(9-4-2)14-11-7-8-12-15(14)16(17)18/h7-8,11-13H,3-6,9-10H2,1-2H3,(H2,17,18). The highest BCUT2D eigenvalue weighted by Crippen LogP contribution is 2.29. The van der Waals surface area contributed by atoms with E-state index >= 15 is 0 Å². The second-order valence-corrected chi connectivity index (χ2v) is 4.93. The van der Waals surface area contributed by atoms with Crippen molar-refractivity contribution in [2.75, 3.05) is 0 Å². The predicted octanol–water partition coefficient (Wildman–Crippen LogP) is 4.25. The molecule has 1 rings (SSSR count). The molecule has 0 aliphatic rings. The number of carbonyl (C=O) groups is 1. The quantitative estimate of drug-likeness (QED) is 0.686. The van der Waals surface area contributed by atoms with Crippen molar-refractivity contribution < 1.29 is 4.79 Å². The molecule has 1 aromatic rings. The van der Waals surface area contributed by atoms with Crippen molar-refractivity contribution in [3.63, 3.8) is 0 Å². The van der Waals surface area contributed by atoms with Crippen LogP contribution in [0.5, 0.6) is 0 Å². The summed E-state index contributed by atoms with van der Waals surface area (Å²) in [5, 5.41) is 0. The second-order valence-electron chi connectivity index (χ2n) is 4.93. The van der Waals surface area contributed by atoms with Gasteiger partial charge in [-0.3, -0.25) is 4.79 Å². The molecule has 0 radical (unpaired) electrons. The summed E-state index contributed by atoms with van der Waals surface area (Å²) in [6.45, 7) is 4.41. The molecular formula is C16H25NO. The van der Waals surface area contributed by atoms with Gasteiger partial charge in [0.2, 0.25) is 5.91 Å². The molecular weight excluding hydrogens is 222 g/mol. The summed E-state index contributed by atoms with van der Waals surface area (Å²) in [7, 11) is 0. The van der Waals surface area contributed by atoms with Crippen LogP contribution in [0.3, 0.4) is 0 Å². The van der Waals surface area contributed by atoms with Gasteiger partial charge in [0.1, 0.15) is 0 Å². The number of amides is 1. The SMILES string of the molecule is CCCCCC(CCC)c1ccccc1C(N)=O. The number of rotatable bonds is 8. The molecule has 1 aromatic carbocycles. The third-order valence-electron chi connectivity index (χ3n) is 3.46. The first-order valence-electron chi connectivity index (χ1n) is 7.09. The number of unbranched alkanes of at least 4 members (excludes halogenated alkanes) is 2. The van der Waals surface area contributed by atoms with Gasteiger partial charge in [0.15, 0.2) is 0 Å². The molecule has 0 fully saturated rings. The summed E-state index contributed by atoms with van der Waals surface area (Å²) in [6, 6.07) is 7.80. The Bertz CT molecular complexity index is 373. The van der Waals surface area contributed by atoms with Crippen LogP contribution in [0, 0.1) is 0 Å². The fourth-order valence-electron chi connectivity index (χ4n) is 2.52. The van der Waals surface area contributed by atoms with Crippen molar-refractivity contribution in [3.05, 3.63) is 35.4 Å². The highest BCUT2D eigenvalue weighted by atomic mass is 16.1. The zero-order chi connectivity index (χ0) is 13.4. The number of hydrogen-bond acceptors (Lipinski definition) is 1. The summed E-state index contributed by atoms with van der Waals surface area (Å²) >= 11 is 0. The Hall–Kier alpha value is -1.31. The van der Waals surface area contributed by atoms with Crippen molar-refractivity contribution in [1.29, 1.82) is 0 Å². The van der Waals surface area contributed by atoms with Gasteiger partial charge >= 0.3 is 0 Å². The molecule has 0 heterocycles. The molecule has 2 nitrogen and oxygen atoms in total. The normalized spacial score (nSPS) is 12.3. The number of benzene rings is 1. The van der Waals surface area contributed by atoms with Crippen LogP contribution in [-0.4, -0.2) is 5.91 Å². The zero-order valence-corrected chi connectivity index (χ0v) is 11.6. The monoisotopic (exact) mass is 247 g/mol. The van der Waals surface area contributed by atoms with E-state index in [9.17, 15) is 4.79 Å². The predicted molar refractivity (Wildman–Crippen MR) is 76.8 cm³/mol. The third-order valence-corrected chi connectivity index (χ3v) is 3.46. The van der Waals surface area contributed by atoms with Gasteiger partial charge in [-0.15, -0.1) is 0 Å². The molecule has 0 aliphatic carbocycles. The van der Waals surface area contributed by atoms with E-state index in [-0.39, 0.29) is 5.91 Å².